The van der Waals surface area contributed by atoms with Crippen LogP contribution in [-0.4, -0.2) is 50.3 Å². The van der Waals surface area contributed by atoms with E-state index in [2.05, 4.69) is 0 Å². The monoisotopic (exact) mass is 298 g/mol. The molecule has 0 aliphatic rings. The highest BCUT2D eigenvalue weighted by atomic mass is 19.1. The number of carbonyl (C=O) groups excluding carboxylic acids is 1. The summed E-state index contributed by atoms with van der Waals surface area (Å²) in [5, 5.41) is 0. The molecule has 0 spiro atoms. The van der Waals surface area contributed by atoms with Crippen molar-refractivity contribution in [2.45, 2.75) is 13.8 Å². The first-order valence-electron chi connectivity index (χ1n) is 7.09. The minimum Gasteiger partial charge on any atom is -0.396 e. The molecular formula is C15H23FN2O3. The lowest BCUT2D eigenvalue weighted by molar-refractivity contribution is 0.0550. The molecule has 1 amide bonds. The molecular weight excluding hydrogens is 275 g/mol. The minimum absolute atomic E-state index is 0.0294. The fourth-order valence-electron chi connectivity index (χ4n) is 1.80. The Kier molecular flexibility index (Phi) is 7.71. The van der Waals surface area contributed by atoms with Gasteiger partial charge in [0.05, 0.1) is 18.9 Å². The number of nitrogens with two attached hydrogens (primary N) is 1. The third-order valence-electron chi connectivity index (χ3n) is 2.95. The molecule has 0 aliphatic carbocycles. The van der Waals surface area contributed by atoms with Gasteiger partial charge >= 0.3 is 0 Å². The highest BCUT2D eigenvalue weighted by molar-refractivity contribution is 5.94. The summed E-state index contributed by atoms with van der Waals surface area (Å²) in [6.45, 7) is 6.70. The Balaban J connectivity index is 2.73. The SMILES string of the molecule is CCOCCN(CCOCC)C(=O)c1ccc(N)c(F)c1. The molecule has 0 fully saturated rings. The molecule has 1 aromatic rings. The van der Waals surface area contributed by atoms with Gasteiger partial charge in [-0.15, -0.1) is 0 Å². The number of hydrogen-bond donors (Lipinski definition) is 1. The summed E-state index contributed by atoms with van der Waals surface area (Å²) in [5.74, 6) is -0.844. The maximum atomic E-state index is 13.5. The van der Waals surface area contributed by atoms with Gasteiger partial charge in [0.15, 0.2) is 0 Å². The van der Waals surface area contributed by atoms with E-state index in [4.69, 9.17) is 15.2 Å². The Morgan fingerprint density at radius 1 is 1.19 bits per heavy atom. The molecule has 0 atom stereocenters. The maximum Gasteiger partial charge on any atom is 0.254 e. The quantitative estimate of drug-likeness (QED) is 0.559. The van der Waals surface area contributed by atoms with E-state index in [9.17, 15) is 9.18 Å². The number of benzene rings is 1. The van der Waals surface area contributed by atoms with Gasteiger partial charge in [-0.25, -0.2) is 4.39 Å². The van der Waals surface area contributed by atoms with Crippen molar-refractivity contribution in [1.82, 2.24) is 4.90 Å². The Bertz CT molecular complexity index is 445. The van der Waals surface area contributed by atoms with Crippen LogP contribution in [0.1, 0.15) is 24.2 Å². The van der Waals surface area contributed by atoms with Crippen LogP contribution in [0.3, 0.4) is 0 Å². The van der Waals surface area contributed by atoms with Crippen LogP contribution in [0.5, 0.6) is 0 Å². The number of nitrogens with zero attached hydrogens (tertiary/aromatic N) is 1. The van der Waals surface area contributed by atoms with Crippen LogP contribution in [0.2, 0.25) is 0 Å². The summed E-state index contributed by atoms with van der Waals surface area (Å²) >= 11 is 0. The molecule has 0 unspecified atom stereocenters. The van der Waals surface area contributed by atoms with E-state index in [0.717, 1.165) is 6.07 Å². The van der Waals surface area contributed by atoms with Crippen molar-refractivity contribution >= 4 is 11.6 Å². The largest absolute Gasteiger partial charge is 0.396 e. The Morgan fingerprint density at radius 3 is 2.24 bits per heavy atom. The van der Waals surface area contributed by atoms with Gasteiger partial charge < -0.3 is 20.1 Å². The number of amides is 1. The van der Waals surface area contributed by atoms with E-state index < -0.39 is 5.82 Å². The molecule has 21 heavy (non-hydrogen) atoms. The van der Waals surface area contributed by atoms with Crippen LogP contribution in [0.25, 0.3) is 0 Å². The second-order valence-electron chi connectivity index (χ2n) is 4.42. The summed E-state index contributed by atoms with van der Waals surface area (Å²) in [4.78, 5) is 14.0. The molecule has 0 heterocycles. The van der Waals surface area contributed by atoms with Crippen LogP contribution in [-0.2, 0) is 9.47 Å². The van der Waals surface area contributed by atoms with Crippen LogP contribution in [0.15, 0.2) is 18.2 Å². The molecule has 0 saturated heterocycles. The third-order valence-corrected chi connectivity index (χ3v) is 2.95. The van der Waals surface area contributed by atoms with Crippen molar-refractivity contribution in [2.75, 3.05) is 45.3 Å². The lowest BCUT2D eigenvalue weighted by Gasteiger charge is -2.22. The third kappa shape index (κ3) is 5.69. The molecule has 0 bridgehead atoms. The van der Waals surface area contributed by atoms with E-state index in [1.165, 1.54) is 12.1 Å². The van der Waals surface area contributed by atoms with Crippen molar-refractivity contribution in [3.63, 3.8) is 0 Å². The van der Waals surface area contributed by atoms with Crippen LogP contribution in [0, 0.1) is 5.82 Å². The van der Waals surface area contributed by atoms with E-state index in [1.54, 1.807) is 4.90 Å². The first-order valence-corrected chi connectivity index (χ1v) is 7.09. The summed E-state index contributed by atoms with van der Waals surface area (Å²) in [6.07, 6.45) is 0. The van der Waals surface area contributed by atoms with Gasteiger partial charge in [-0.3, -0.25) is 4.79 Å². The number of rotatable bonds is 9. The van der Waals surface area contributed by atoms with Gasteiger partial charge in [0.1, 0.15) is 5.82 Å². The first-order chi connectivity index (χ1) is 10.1. The van der Waals surface area contributed by atoms with Gasteiger partial charge in [-0.2, -0.15) is 0 Å². The van der Waals surface area contributed by atoms with Gasteiger partial charge in [0.2, 0.25) is 0 Å². The number of nitrogen functional groups attached to an aromatic ring is 1. The zero-order valence-electron chi connectivity index (χ0n) is 12.6. The molecule has 1 aromatic carbocycles. The van der Waals surface area contributed by atoms with E-state index in [-0.39, 0.29) is 17.2 Å². The molecule has 6 heteroatoms. The molecule has 0 aliphatic heterocycles. The van der Waals surface area contributed by atoms with E-state index in [0.29, 0.717) is 39.5 Å². The van der Waals surface area contributed by atoms with Gasteiger partial charge in [0.25, 0.3) is 5.91 Å². The van der Waals surface area contributed by atoms with Gasteiger partial charge in [-0.05, 0) is 32.0 Å². The van der Waals surface area contributed by atoms with Crippen molar-refractivity contribution < 1.29 is 18.7 Å². The first kappa shape index (κ1) is 17.4. The second-order valence-corrected chi connectivity index (χ2v) is 4.42. The summed E-state index contributed by atoms with van der Waals surface area (Å²) < 4.78 is 24.0. The fraction of sp³-hybridized carbons (Fsp3) is 0.533. The maximum absolute atomic E-state index is 13.5. The zero-order valence-corrected chi connectivity index (χ0v) is 12.6. The topological polar surface area (TPSA) is 64.8 Å². The standard InChI is InChI=1S/C15H23FN2O3/c1-3-20-9-7-18(8-10-21-4-2)15(19)12-5-6-14(17)13(16)11-12/h5-6,11H,3-4,7-10,17H2,1-2H3. The average Bonchev–Trinajstić information content (AvgIpc) is 2.48. The average molecular weight is 298 g/mol. The van der Waals surface area contributed by atoms with Gasteiger partial charge in [0, 0.05) is 31.9 Å². The normalized spacial score (nSPS) is 10.6. The minimum atomic E-state index is -0.588. The number of ether oxygens (including phenoxy) is 2. The van der Waals surface area contributed by atoms with Crippen molar-refractivity contribution in [3.8, 4) is 0 Å². The fourth-order valence-corrected chi connectivity index (χ4v) is 1.80. The van der Waals surface area contributed by atoms with Crippen LogP contribution < -0.4 is 5.73 Å². The molecule has 5 nitrogen and oxygen atoms in total. The summed E-state index contributed by atoms with van der Waals surface area (Å²) in [5.41, 5.74) is 5.72. The van der Waals surface area contributed by atoms with E-state index >= 15 is 0 Å². The van der Waals surface area contributed by atoms with Crippen LogP contribution >= 0.6 is 0 Å². The predicted molar refractivity (Wildman–Crippen MR) is 79.7 cm³/mol. The number of anilines is 1. The second kappa shape index (κ2) is 9.31. The molecule has 2 N–H and O–H groups in total. The molecule has 0 saturated carbocycles. The number of carbonyl (C=O) groups is 1. The molecule has 0 aromatic heterocycles. The molecule has 118 valence electrons. The molecule has 1 rings (SSSR count). The predicted octanol–water partition coefficient (Wildman–Crippen LogP) is 1.92. The highest BCUT2D eigenvalue weighted by Crippen LogP contribution is 2.13. The number of hydrogen-bond acceptors (Lipinski definition) is 4. The smallest absolute Gasteiger partial charge is 0.254 e. The van der Waals surface area contributed by atoms with Crippen molar-refractivity contribution in [1.29, 1.82) is 0 Å². The zero-order chi connectivity index (χ0) is 15.7. The highest BCUT2D eigenvalue weighted by Gasteiger charge is 2.16. The lowest BCUT2D eigenvalue weighted by Crippen LogP contribution is -2.36. The Morgan fingerprint density at radius 2 is 1.76 bits per heavy atom. The summed E-state index contributed by atoms with van der Waals surface area (Å²) in [7, 11) is 0. The molecule has 0 radical (unpaired) electrons. The van der Waals surface area contributed by atoms with Crippen molar-refractivity contribution in [2.24, 2.45) is 0 Å². The Hall–Kier alpha value is -1.66. The summed E-state index contributed by atoms with van der Waals surface area (Å²) in [6, 6.07) is 4.08. The Labute approximate surface area is 124 Å². The van der Waals surface area contributed by atoms with Crippen molar-refractivity contribution in [3.05, 3.63) is 29.6 Å². The number of halogens is 1. The van der Waals surface area contributed by atoms with E-state index in [1.807, 2.05) is 13.8 Å². The lowest BCUT2D eigenvalue weighted by atomic mass is 10.1. The van der Waals surface area contributed by atoms with Gasteiger partial charge in [-0.1, -0.05) is 0 Å². The van der Waals surface area contributed by atoms with Crippen LogP contribution in [0.4, 0.5) is 10.1 Å².